The number of hydrogen-bond donors (Lipinski definition) is 1. The fourth-order valence-corrected chi connectivity index (χ4v) is 4.40. The highest BCUT2D eigenvalue weighted by molar-refractivity contribution is 5.82. The second-order valence-electron chi connectivity index (χ2n) is 8.34. The van der Waals surface area contributed by atoms with Gasteiger partial charge in [-0.05, 0) is 47.9 Å². The number of likely N-dealkylation sites (tertiary alicyclic amines) is 1. The fourth-order valence-electron chi connectivity index (χ4n) is 4.40. The highest BCUT2D eigenvalue weighted by Gasteiger charge is 2.35. The number of phenolic OH excluding ortho intramolecular Hbond substituents is 1. The Morgan fingerprint density at radius 1 is 1.22 bits per heavy atom. The summed E-state index contributed by atoms with van der Waals surface area (Å²) in [4.78, 5) is 30.0. The molecule has 0 radical (unpaired) electrons. The van der Waals surface area contributed by atoms with Gasteiger partial charge in [-0.1, -0.05) is 18.2 Å². The number of carbonyl (C=O) groups is 2. The molecule has 0 aromatic heterocycles. The van der Waals surface area contributed by atoms with Gasteiger partial charge in [-0.25, -0.2) is 13.6 Å². The maximum absolute atomic E-state index is 14.5. The van der Waals surface area contributed by atoms with Crippen LogP contribution in [0.5, 0.6) is 5.75 Å². The molecule has 0 spiro atoms. The first-order valence-electron chi connectivity index (χ1n) is 10.5. The fraction of sp³-hybridized carbons (Fsp3) is 0.333. The van der Waals surface area contributed by atoms with Crippen LogP contribution in [0.3, 0.4) is 0 Å². The van der Waals surface area contributed by atoms with E-state index in [1.807, 2.05) is 0 Å². The summed E-state index contributed by atoms with van der Waals surface area (Å²) in [5.74, 6) is -1.03. The monoisotopic (exact) mass is 441 g/mol. The molecule has 2 aromatic rings. The molecule has 4 rings (SSSR count). The van der Waals surface area contributed by atoms with Gasteiger partial charge in [0.15, 0.2) is 0 Å². The SMILES string of the molecule is CN(CC1CCC(=O)N1C)C(=O)N1CC(c2cc(F)ccc2F)=CC1c1cccc(O)c1. The van der Waals surface area contributed by atoms with Crippen molar-refractivity contribution in [2.45, 2.75) is 24.9 Å². The third-order valence-corrected chi connectivity index (χ3v) is 6.21. The van der Waals surface area contributed by atoms with Crippen LogP contribution in [0.1, 0.15) is 30.0 Å². The number of nitrogens with zero attached hydrogens (tertiary/aromatic N) is 3. The van der Waals surface area contributed by atoms with E-state index in [9.17, 15) is 23.5 Å². The van der Waals surface area contributed by atoms with Gasteiger partial charge in [-0.3, -0.25) is 4.79 Å². The molecule has 2 unspecified atom stereocenters. The van der Waals surface area contributed by atoms with Gasteiger partial charge in [0, 0.05) is 45.2 Å². The first-order valence-corrected chi connectivity index (χ1v) is 10.5. The molecule has 8 heteroatoms. The Hall–Kier alpha value is -3.42. The second kappa shape index (κ2) is 8.61. The van der Waals surface area contributed by atoms with E-state index in [0.29, 0.717) is 30.5 Å². The Balaban J connectivity index is 1.63. The standard InChI is InChI=1S/C24H25F2N3O3/c1-27(14-18-7-9-23(31)28(18)2)24(32)29-13-16(20-12-17(25)6-8-21(20)26)11-22(29)15-4-3-5-19(30)10-15/h3-6,8,10-12,18,22,30H,7,9,13-14H2,1-2H3. The maximum atomic E-state index is 14.5. The largest absolute Gasteiger partial charge is 0.508 e. The summed E-state index contributed by atoms with van der Waals surface area (Å²) in [6.45, 7) is 0.456. The smallest absolute Gasteiger partial charge is 0.320 e. The number of likely N-dealkylation sites (N-methyl/N-ethyl adjacent to an activating group) is 2. The van der Waals surface area contributed by atoms with E-state index in [0.717, 1.165) is 18.2 Å². The predicted octanol–water partition coefficient (Wildman–Crippen LogP) is 3.78. The number of carbonyl (C=O) groups excluding carboxylic acids is 2. The van der Waals surface area contributed by atoms with Crippen molar-refractivity contribution in [1.29, 1.82) is 0 Å². The summed E-state index contributed by atoms with van der Waals surface area (Å²) in [6, 6.07) is 8.85. The number of hydrogen-bond acceptors (Lipinski definition) is 3. The van der Waals surface area contributed by atoms with Crippen LogP contribution < -0.4 is 0 Å². The van der Waals surface area contributed by atoms with E-state index in [1.165, 1.54) is 6.07 Å². The number of halogens is 2. The number of rotatable bonds is 4. The molecular weight excluding hydrogens is 416 g/mol. The molecule has 0 bridgehead atoms. The number of urea groups is 1. The van der Waals surface area contributed by atoms with Crippen molar-refractivity contribution in [1.82, 2.24) is 14.7 Å². The van der Waals surface area contributed by atoms with Crippen molar-refractivity contribution in [2.75, 3.05) is 27.2 Å². The lowest BCUT2D eigenvalue weighted by Gasteiger charge is -2.32. The zero-order valence-corrected chi connectivity index (χ0v) is 18.0. The summed E-state index contributed by atoms with van der Waals surface area (Å²) in [6.07, 6.45) is 2.87. The van der Waals surface area contributed by atoms with Crippen molar-refractivity contribution in [3.8, 4) is 5.75 Å². The number of phenols is 1. The van der Waals surface area contributed by atoms with E-state index in [4.69, 9.17) is 0 Å². The highest BCUT2D eigenvalue weighted by Crippen LogP contribution is 2.37. The molecule has 1 N–H and O–H groups in total. The molecule has 1 fully saturated rings. The summed E-state index contributed by atoms with van der Waals surface area (Å²) in [5, 5.41) is 9.93. The van der Waals surface area contributed by atoms with Crippen LogP contribution >= 0.6 is 0 Å². The zero-order valence-electron chi connectivity index (χ0n) is 18.0. The maximum Gasteiger partial charge on any atom is 0.320 e. The summed E-state index contributed by atoms with van der Waals surface area (Å²) in [5.41, 5.74) is 1.26. The molecule has 2 aromatic carbocycles. The van der Waals surface area contributed by atoms with Gasteiger partial charge in [0.25, 0.3) is 0 Å². The normalized spacial score (nSPS) is 20.6. The Labute approximate surface area is 185 Å². The first kappa shape index (κ1) is 21.8. The number of amides is 3. The van der Waals surface area contributed by atoms with Gasteiger partial charge >= 0.3 is 6.03 Å². The van der Waals surface area contributed by atoms with Crippen molar-refractivity contribution in [3.05, 3.63) is 71.3 Å². The molecular formula is C24H25F2N3O3. The topological polar surface area (TPSA) is 64.1 Å². The molecule has 2 aliphatic rings. The Morgan fingerprint density at radius 3 is 2.69 bits per heavy atom. The molecule has 3 amide bonds. The van der Waals surface area contributed by atoms with Crippen LogP contribution in [0.4, 0.5) is 13.6 Å². The molecule has 0 saturated carbocycles. The van der Waals surface area contributed by atoms with Gasteiger partial charge < -0.3 is 19.8 Å². The minimum absolute atomic E-state index is 0.0492. The summed E-state index contributed by atoms with van der Waals surface area (Å²) in [7, 11) is 3.40. The third kappa shape index (κ3) is 4.17. The lowest BCUT2D eigenvalue weighted by Crippen LogP contribution is -2.46. The van der Waals surface area contributed by atoms with Crippen molar-refractivity contribution in [2.24, 2.45) is 0 Å². The quantitative estimate of drug-likeness (QED) is 0.786. The molecule has 2 heterocycles. The molecule has 168 valence electrons. The Morgan fingerprint density at radius 2 is 2.00 bits per heavy atom. The molecule has 2 aliphatic heterocycles. The highest BCUT2D eigenvalue weighted by atomic mass is 19.1. The van der Waals surface area contributed by atoms with Crippen LogP contribution in [0.2, 0.25) is 0 Å². The van der Waals surface area contributed by atoms with E-state index >= 15 is 0 Å². The van der Waals surface area contributed by atoms with E-state index in [2.05, 4.69) is 0 Å². The second-order valence-corrected chi connectivity index (χ2v) is 8.34. The first-order chi connectivity index (χ1) is 15.2. The van der Waals surface area contributed by atoms with Crippen molar-refractivity contribution < 1.29 is 23.5 Å². The van der Waals surface area contributed by atoms with E-state index in [-0.39, 0.29) is 35.8 Å². The van der Waals surface area contributed by atoms with Gasteiger partial charge in [-0.2, -0.15) is 0 Å². The minimum Gasteiger partial charge on any atom is -0.508 e. The van der Waals surface area contributed by atoms with E-state index in [1.54, 1.807) is 53.1 Å². The Kier molecular flexibility index (Phi) is 5.86. The van der Waals surface area contributed by atoms with Gasteiger partial charge in [0.2, 0.25) is 5.91 Å². The van der Waals surface area contributed by atoms with Crippen molar-refractivity contribution in [3.63, 3.8) is 0 Å². The van der Waals surface area contributed by atoms with Crippen LogP contribution in [0, 0.1) is 11.6 Å². The molecule has 6 nitrogen and oxygen atoms in total. The molecule has 0 aliphatic carbocycles. The summed E-state index contributed by atoms with van der Waals surface area (Å²) < 4.78 is 28.3. The average Bonchev–Trinajstić information content (AvgIpc) is 3.34. The summed E-state index contributed by atoms with van der Waals surface area (Å²) >= 11 is 0. The predicted molar refractivity (Wildman–Crippen MR) is 116 cm³/mol. The third-order valence-electron chi connectivity index (χ3n) is 6.21. The van der Waals surface area contributed by atoms with Crippen LogP contribution in [-0.2, 0) is 4.79 Å². The van der Waals surface area contributed by atoms with Gasteiger partial charge in [0.1, 0.15) is 17.4 Å². The molecule has 2 atom stereocenters. The van der Waals surface area contributed by atoms with Crippen LogP contribution in [0.25, 0.3) is 5.57 Å². The molecule has 32 heavy (non-hydrogen) atoms. The lowest BCUT2D eigenvalue weighted by atomic mass is 10.0. The van der Waals surface area contributed by atoms with Crippen molar-refractivity contribution >= 4 is 17.5 Å². The van der Waals surface area contributed by atoms with Crippen LogP contribution in [0.15, 0.2) is 48.5 Å². The van der Waals surface area contributed by atoms with E-state index < -0.39 is 17.7 Å². The zero-order chi connectivity index (χ0) is 23.0. The van der Waals surface area contributed by atoms with Crippen LogP contribution in [-0.4, -0.2) is 65.0 Å². The Bertz CT molecular complexity index is 1090. The number of benzene rings is 2. The lowest BCUT2D eigenvalue weighted by molar-refractivity contribution is -0.127. The van der Waals surface area contributed by atoms with Gasteiger partial charge in [-0.15, -0.1) is 0 Å². The number of aromatic hydroxyl groups is 1. The average molecular weight is 441 g/mol. The molecule has 1 saturated heterocycles. The minimum atomic E-state index is -0.568. The van der Waals surface area contributed by atoms with Gasteiger partial charge in [0.05, 0.1) is 6.04 Å².